The Morgan fingerprint density at radius 3 is 3.00 bits per heavy atom. The van der Waals surface area contributed by atoms with Crippen molar-refractivity contribution in [2.24, 2.45) is 5.92 Å². The summed E-state index contributed by atoms with van der Waals surface area (Å²) in [5.41, 5.74) is 2.78. The smallest absolute Gasteiger partial charge is 0.0698 e. The first-order valence-corrected chi connectivity index (χ1v) is 6.32. The van der Waals surface area contributed by atoms with E-state index in [4.69, 9.17) is 9.84 Å². The second-order valence-electron chi connectivity index (χ2n) is 4.72. The Balaban J connectivity index is 1.97. The van der Waals surface area contributed by atoms with E-state index in [0.29, 0.717) is 19.1 Å². The van der Waals surface area contributed by atoms with E-state index in [1.165, 1.54) is 17.7 Å². The van der Waals surface area contributed by atoms with Crippen LogP contribution in [0.2, 0.25) is 0 Å². The molecule has 0 aromatic heterocycles. The van der Waals surface area contributed by atoms with Crippen LogP contribution in [0.15, 0.2) is 24.3 Å². The van der Waals surface area contributed by atoms with Crippen LogP contribution in [0.4, 0.5) is 5.69 Å². The summed E-state index contributed by atoms with van der Waals surface area (Å²) >= 11 is 0. The van der Waals surface area contributed by atoms with Crippen molar-refractivity contribution in [3.8, 4) is 0 Å². The molecule has 2 rings (SSSR count). The summed E-state index contributed by atoms with van der Waals surface area (Å²) in [4.78, 5) is 2.39. The first-order valence-electron chi connectivity index (χ1n) is 6.32. The average molecular weight is 235 g/mol. The quantitative estimate of drug-likeness (QED) is 0.788. The number of aliphatic hydroxyl groups is 1. The highest BCUT2D eigenvalue weighted by molar-refractivity contribution is 5.55. The van der Waals surface area contributed by atoms with E-state index in [1.807, 2.05) is 0 Å². The van der Waals surface area contributed by atoms with Crippen molar-refractivity contribution < 1.29 is 9.84 Å². The Morgan fingerprint density at radius 2 is 2.18 bits per heavy atom. The first kappa shape index (κ1) is 12.4. The average Bonchev–Trinajstić information content (AvgIpc) is 2.34. The van der Waals surface area contributed by atoms with Gasteiger partial charge in [0.2, 0.25) is 0 Å². The lowest BCUT2D eigenvalue weighted by molar-refractivity contribution is 0.0962. The van der Waals surface area contributed by atoms with Crippen LogP contribution < -0.4 is 4.90 Å². The van der Waals surface area contributed by atoms with Crippen molar-refractivity contribution >= 4 is 5.69 Å². The molecule has 0 amide bonds. The second-order valence-corrected chi connectivity index (χ2v) is 4.72. The number of hydrogen-bond acceptors (Lipinski definition) is 3. The molecule has 0 radical (unpaired) electrons. The predicted molar refractivity (Wildman–Crippen MR) is 69.4 cm³/mol. The van der Waals surface area contributed by atoms with Gasteiger partial charge in [-0.3, -0.25) is 0 Å². The molecule has 0 bridgehead atoms. The molecule has 0 aliphatic carbocycles. The second kappa shape index (κ2) is 6.03. The SMILES string of the molecule is CC1Cc2ccccc2N(CCOCCO)C1. The Labute approximate surface area is 103 Å². The van der Waals surface area contributed by atoms with Gasteiger partial charge in [-0.15, -0.1) is 0 Å². The van der Waals surface area contributed by atoms with Gasteiger partial charge in [-0.1, -0.05) is 25.1 Å². The maximum Gasteiger partial charge on any atom is 0.0698 e. The molecule has 0 saturated carbocycles. The summed E-state index contributed by atoms with van der Waals surface area (Å²) in [5, 5.41) is 8.66. The van der Waals surface area contributed by atoms with Crippen LogP contribution in [-0.4, -0.2) is 38.0 Å². The van der Waals surface area contributed by atoms with Crippen LogP contribution in [0, 0.1) is 5.92 Å². The Kier molecular flexibility index (Phi) is 4.40. The van der Waals surface area contributed by atoms with Crippen molar-refractivity contribution in [2.45, 2.75) is 13.3 Å². The third-order valence-corrected chi connectivity index (χ3v) is 3.17. The van der Waals surface area contributed by atoms with Crippen LogP contribution in [0.5, 0.6) is 0 Å². The molecule has 17 heavy (non-hydrogen) atoms. The normalized spacial score (nSPS) is 19.2. The fourth-order valence-electron chi connectivity index (χ4n) is 2.46. The van der Waals surface area contributed by atoms with Crippen LogP contribution in [0.3, 0.4) is 0 Å². The molecule has 1 aromatic carbocycles. The molecular weight excluding hydrogens is 214 g/mol. The topological polar surface area (TPSA) is 32.7 Å². The van der Waals surface area contributed by atoms with Crippen LogP contribution in [0.25, 0.3) is 0 Å². The zero-order chi connectivity index (χ0) is 12.1. The summed E-state index contributed by atoms with van der Waals surface area (Å²) in [6, 6.07) is 8.60. The number of rotatable bonds is 5. The van der Waals surface area contributed by atoms with E-state index in [0.717, 1.165) is 13.1 Å². The van der Waals surface area contributed by atoms with Crippen molar-refractivity contribution in [1.29, 1.82) is 0 Å². The zero-order valence-electron chi connectivity index (χ0n) is 10.4. The molecule has 3 nitrogen and oxygen atoms in total. The van der Waals surface area contributed by atoms with Gasteiger partial charge in [-0.2, -0.15) is 0 Å². The third kappa shape index (κ3) is 3.20. The Hall–Kier alpha value is -1.06. The summed E-state index contributed by atoms with van der Waals surface area (Å²) in [7, 11) is 0. The first-order chi connectivity index (χ1) is 8.31. The van der Waals surface area contributed by atoms with Gasteiger partial charge < -0.3 is 14.7 Å². The maximum absolute atomic E-state index is 8.66. The van der Waals surface area contributed by atoms with Crippen molar-refractivity contribution in [2.75, 3.05) is 37.8 Å². The number of nitrogens with zero attached hydrogens (tertiary/aromatic N) is 1. The van der Waals surface area contributed by atoms with Gasteiger partial charge in [0.1, 0.15) is 0 Å². The molecule has 1 unspecified atom stereocenters. The highest BCUT2D eigenvalue weighted by atomic mass is 16.5. The Bertz CT molecular complexity index is 354. The van der Waals surface area contributed by atoms with E-state index in [2.05, 4.69) is 36.1 Å². The van der Waals surface area contributed by atoms with Crippen molar-refractivity contribution in [3.63, 3.8) is 0 Å². The molecular formula is C14H21NO2. The van der Waals surface area contributed by atoms with Gasteiger partial charge in [0, 0.05) is 18.8 Å². The molecule has 94 valence electrons. The van der Waals surface area contributed by atoms with Crippen molar-refractivity contribution in [1.82, 2.24) is 0 Å². The summed E-state index contributed by atoms with van der Waals surface area (Å²) < 4.78 is 5.34. The minimum absolute atomic E-state index is 0.104. The van der Waals surface area contributed by atoms with Crippen molar-refractivity contribution in [3.05, 3.63) is 29.8 Å². The Morgan fingerprint density at radius 1 is 1.35 bits per heavy atom. The largest absolute Gasteiger partial charge is 0.394 e. The van der Waals surface area contributed by atoms with Gasteiger partial charge in [0.05, 0.1) is 19.8 Å². The van der Waals surface area contributed by atoms with Gasteiger partial charge in [0.25, 0.3) is 0 Å². The summed E-state index contributed by atoms with van der Waals surface area (Å²) in [5.74, 6) is 0.697. The number of ether oxygens (including phenoxy) is 1. The van der Waals surface area contributed by atoms with E-state index in [1.54, 1.807) is 0 Å². The molecule has 1 heterocycles. The van der Waals surface area contributed by atoms with Crippen LogP contribution in [-0.2, 0) is 11.2 Å². The molecule has 0 saturated heterocycles. The molecule has 0 fully saturated rings. The molecule has 3 heteroatoms. The fourth-order valence-corrected chi connectivity index (χ4v) is 2.46. The highest BCUT2D eigenvalue weighted by Crippen LogP contribution is 2.28. The van der Waals surface area contributed by atoms with E-state index in [-0.39, 0.29) is 6.61 Å². The minimum Gasteiger partial charge on any atom is -0.394 e. The minimum atomic E-state index is 0.104. The predicted octanol–water partition coefficient (Wildman–Crippen LogP) is 1.69. The van der Waals surface area contributed by atoms with Crippen LogP contribution >= 0.6 is 0 Å². The van der Waals surface area contributed by atoms with Gasteiger partial charge in [0.15, 0.2) is 0 Å². The molecule has 1 N–H and O–H groups in total. The molecule has 1 aromatic rings. The number of anilines is 1. The lowest BCUT2D eigenvalue weighted by Gasteiger charge is -2.34. The number of hydrogen-bond donors (Lipinski definition) is 1. The molecule has 1 aliphatic heterocycles. The molecule has 1 atom stereocenters. The maximum atomic E-state index is 8.66. The van der Waals surface area contributed by atoms with E-state index >= 15 is 0 Å². The summed E-state index contributed by atoms with van der Waals surface area (Å²) in [6.07, 6.45) is 1.17. The van der Waals surface area contributed by atoms with Gasteiger partial charge >= 0.3 is 0 Å². The number of para-hydroxylation sites is 1. The van der Waals surface area contributed by atoms with E-state index < -0.39 is 0 Å². The molecule has 0 spiro atoms. The monoisotopic (exact) mass is 235 g/mol. The summed E-state index contributed by atoms with van der Waals surface area (Å²) in [6.45, 7) is 5.51. The zero-order valence-corrected chi connectivity index (χ0v) is 10.4. The number of benzene rings is 1. The highest BCUT2D eigenvalue weighted by Gasteiger charge is 2.20. The van der Waals surface area contributed by atoms with E-state index in [9.17, 15) is 0 Å². The van der Waals surface area contributed by atoms with Gasteiger partial charge in [-0.25, -0.2) is 0 Å². The third-order valence-electron chi connectivity index (χ3n) is 3.17. The number of fused-ring (bicyclic) bond motifs is 1. The van der Waals surface area contributed by atoms with Crippen LogP contribution in [0.1, 0.15) is 12.5 Å². The standard InChI is InChI=1S/C14H21NO2/c1-12-10-13-4-2-3-5-14(13)15(11-12)6-8-17-9-7-16/h2-5,12,16H,6-11H2,1H3. The lowest BCUT2D eigenvalue weighted by Crippen LogP contribution is -2.36. The lowest BCUT2D eigenvalue weighted by atomic mass is 9.94. The van der Waals surface area contributed by atoms with Gasteiger partial charge in [-0.05, 0) is 24.0 Å². The molecule has 1 aliphatic rings. The number of aliphatic hydroxyl groups excluding tert-OH is 1. The fraction of sp³-hybridized carbons (Fsp3) is 0.571.